The Labute approximate surface area is 132 Å². The second kappa shape index (κ2) is 7.61. The number of rotatable bonds is 7. The van der Waals surface area contributed by atoms with E-state index in [9.17, 15) is 13.2 Å². The minimum atomic E-state index is -3.86. The molecule has 1 rings (SSSR count). The van der Waals surface area contributed by atoms with Crippen molar-refractivity contribution in [2.45, 2.75) is 25.2 Å². The predicted molar refractivity (Wildman–Crippen MR) is 80.0 cm³/mol. The number of nitrogens with zero attached hydrogens (tertiary/aromatic N) is 1. The van der Waals surface area contributed by atoms with Gasteiger partial charge in [0.2, 0.25) is 10.0 Å². The number of hydrogen-bond donors (Lipinski definition) is 0. The Morgan fingerprint density at radius 3 is 2.50 bits per heavy atom. The molecule has 0 N–H and O–H groups in total. The number of ether oxygens (including phenoxy) is 1. The summed E-state index contributed by atoms with van der Waals surface area (Å²) >= 11 is 12.6. The van der Waals surface area contributed by atoms with Crippen LogP contribution in [0.5, 0.6) is 0 Å². The Kier molecular flexibility index (Phi) is 6.74. The third kappa shape index (κ3) is 4.33. The van der Waals surface area contributed by atoms with Crippen molar-refractivity contribution in [3.63, 3.8) is 0 Å². The first kappa shape index (κ1) is 17.7. The summed E-state index contributed by atoms with van der Waals surface area (Å²) in [5.74, 6) is -0.595. The number of esters is 1. The highest BCUT2D eigenvalue weighted by Crippen LogP contribution is 2.35. The number of carbonyl (C=O) groups is 1. The molecule has 0 atom stereocenters. The lowest BCUT2D eigenvalue weighted by Gasteiger charge is -2.20. The Hall–Kier alpha value is -0.340. The van der Waals surface area contributed by atoms with Gasteiger partial charge in [-0.05, 0) is 19.4 Å². The highest BCUT2D eigenvalue weighted by molar-refractivity contribution is 7.89. The van der Waals surface area contributed by atoms with E-state index in [0.29, 0.717) is 6.42 Å². The van der Waals surface area contributed by atoms with E-state index in [4.69, 9.17) is 27.9 Å². The highest BCUT2D eigenvalue weighted by atomic mass is 35.5. The topological polar surface area (TPSA) is 63.7 Å². The van der Waals surface area contributed by atoms with E-state index in [2.05, 4.69) is 0 Å². The van der Waals surface area contributed by atoms with Crippen molar-refractivity contribution in [2.75, 3.05) is 19.7 Å². The van der Waals surface area contributed by atoms with E-state index < -0.39 is 16.0 Å². The molecule has 1 heterocycles. The normalized spacial score (nSPS) is 11.8. The molecule has 20 heavy (non-hydrogen) atoms. The van der Waals surface area contributed by atoms with Crippen LogP contribution in [-0.4, -0.2) is 38.4 Å². The van der Waals surface area contributed by atoms with Crippen molar-refractivity contribution in [3.05, 3.63) is 14.7 Å². The quantitative estimate of drug-likeness (QED) is 0.701. The second-order valence-corrected chi connectivity index (χ2v) is 8.02. The molecule has 5 nitrogen and oxygen atoms in total. The summed E-state index contributed by atoms with van der Waals surface area (Å²) in [5, 5.41) is 0. The van der Waals surface area contributed by atoms with Crippen molar-refractivity contribution < 1.29 is 17.9 Å². The first-order chi connectivity index (χ1) is 9.32. The van der Waals surface area contributed by atoms with E-state index in [-0.39, 0.29) is 33.3 Å². The van der Waals surface area contributed by atoms with Gasteiger partial charge >= 0.3 is 5.97 Å². The largest absolute Gasteiger partial charge is 0.465 e. The number of hydrogen-bond acceptors (Lipinski definition) is 5. The molecule has 0 saturated carbocycles. The van der Waals surface area contributed by atoms with Crippen LogP contribution in [0.4, 0.5) is 0 Å². The van der Waals surface area contributed by atoms with Crippen LogP contribution in [-0.2, 0) is 19.6 Å². The molecule has 0 aliphatic rings. The van der Waals surface area contributed by atoms with E-state index in [1.165, 1.54) is 6.07 Å². The molecule has 0 radical (unpaired) electrons. The van der Waals surface area contributed by atoms with Gasteiger partial charge in [0.25, 0.3) is 0 Å². The molecular formula is C11H15Cl2NO4S2. The summed E-state index contributed by atoms with van der Waals surface area (Å²) in [7, 11) is -3.86. The van der Waals surface area contributed by atoms with Crippen LogP contribution in [0.25, 0.3) is 0 Å². The fraction of sp³-hybridized carbons (Fsp3) is 0.545. The average Bonchev–Trinajstić information content (AvgIpc) is 2.69. The van der Waals surface area contributed by atoms with Crippen LogP contribution in [0.3, 0.4) is 0 Å². The van der Waals surface area contributed by atoms with Crippen molar-refractivity contribution in [2.24, 2.45) is 0 Å². The molecule has 1 aromatic rings. The average molecular weight is 360 g/mol. The Morgan fingerprint density at radius 2 is 2.05 bits per heavy atom. The van der Waals surface area contributed by atoms with Gasteiger partial charge in [-0.2, -0.15) is 4.31 Å². The van der Waals surface area contributed by atoms with Crippen LogP contribution >= 0.6 is 34.5 Å². The Balaban J connectivity index is 3.06. The fourth-order valence-corrected chi connectivity index (χ4v) is 5.11. The van der Waals surface area contributed by atoms with E-state index in [1.54, 1.807) is 6.92 Å². The zero-order valence-corrected chi connectivity index (χ0v) is 14.2. The molecule has 0 saturated heterocycles. The van der Waals surface area contributed by atoms with Crippen LogP contribution < -0.4 is 0 Å². The van der Waals surface area contributed by atoms with E-state index >= 15 is 0 Å². The zero-order chi connectivity index (χ0) is 15.3. The maximum Gasteiger partial charge on any atom is 0.321 e. The fourth-order valence-electron chi connectivity index (χ4n) is 1.52. The van der Waals surface area contributed by atoms with Gasteiger partial charge in [-0.25, -0.2) is 8.42 Å². The molecule has 0 aromatic carbocycles. The standard InChI is InChI=1S/C11H15Cl2NO4S2/c1-3-5-14(7-10(15)18-4-2)20(16,17)8-6-9(12)19-11(8)13/h6H,3-5,7H2,1-2H3. The maximum absolute atomic E-state index is 12.5. The minimum Gasteiger partial charge on any atom is -0.465 e. The van der Waals surface area contributed by atoms with Gasteiger partial charge in [-0.1, -0.05) is 30.1 Å². The predicted octanol–water partition coefficient (Wildman–Crippen LogP) is 3.02. The highest BCUT2D eigenvalue weighted by Gasteiger charge is 2.30. The maximum atomic E-state index is 12.5. The van der Waals surface area contributed by atoms with Gasteiger partial charge in [0.15, 0.2) is 0 Å². The SMILES string of the molecule is CCCN(CC(=O)OCC)S(=O)(=O)c1cc(Cl)sc1Cl. The molecule has 0 fully saturated rings. The van der Waals surface area contributed by atoms with Crippen molar-refractivity contribution in [1.82, 2.24) is 4.31 Å². The van der Waals surface area contributed by atoms with E-state index in [0.717, 1.165) is 15.6 Å². The van der Waals surface area contributed by atoms with Gasteiger partial charge in [0, 0.05) is 6.54 Å². The first-order valence-electron chi connectivity index (χ1n) is 5.93. The van der Waals surface area contributed by atoms with Gasteiger partial charge in [-0.3, -0.25) is 4.79 Å². The van der Waals surface area contributed by atoms with Crippen LogP contribution in [0.2, 0.25) is 8.67 Å². The molecule has 1 aromatic heterocycles. The molecule has 114 valence electrons. The Bertz CT molecular complexity index is 571. The number of halogens is 2. The van der Waals surface area contributed by atoms with Crippen molar-refractivity contribution >= 4 is 50.5 Å². The van der Waals surface area contributed by atoms with Crippen LogP contribution in [0.1, 0.15) is 20.3 Å². The van der Waals surface area contributed by atoms with Crippen molar-refractivity contribution in [1.29, 1.82) is 0 Å². The molecule has 0 aliphatic carbocycles. The minimum absolute atomic E-state index is 0.0769. The summed E-state index contributed by atoms with van der Waals surface area (Å²) < 4.78 is 31.2. The lowest BCUT2D eigenvalue weighted by molar-refractivity contribution is -0.143. The van der Waals surface area contributed by atoms with Gasteiger partial charge < -0.3 is 4.74 Å². The monoisotopic (exact) mass is 359 g/mol. The summed E-state index contributed by atoms with van der Waals surface area (Å²) in [6, 6.07) is 1.29. The first-order valence-corrected chi connectivity index (χ1v) is 8.94. The molecule has 0 aliphatic heterocycles. The summed E-state index contributed by atoms with van der Waals surface area (Å²) in [6.45, 7) is 3.53. The molecule has 0 unspecified atom stereocenters. The zero-order valence-electron chi connectivity index (χ0n) is 11.1. The van der Waals surface area contributed by atoms with Gasteiger partial charge in [0.1, 0.15) is 15.8 Å². The molecule has 9 heteroatoms. The lowest BCUT2D eigenvalue weighted by Crippen LogP contribution is -2.37. The van der Waals surface area contributed by atoms with Gasteiger partial charge in [0.05, 0.1) is 10.9 Å². The van der Waals surface area contributed by atoms with Gasteiger partial charge in [-0.15, -0.1) is 11.3 Å². The number of thiophene rings is 1. The van der Waals surface area contributed by atoms with E-state index in [1.807, 2.05) is 6.92 Å². The van der Waals surface area contributed by atoms with Crippen LogP contribution in [0, 0.1) is 0 Å². The molecular weight excluding hydrogens is 345 g/mol. The molecule has 0 amide bonds. The smallest absolute Gasteiger partial charge is 0.321 e. The number of sulfonamides is 1. The molecule has 0 spiro atoms. The Morgan fingerprint density at radius 1 is 1.40 bits per heavy atom. The summed E-state index contributed by atoms with van der Waals surface area (Å²) in [5.41, 5.74) is 0. The lowest BCUT2D eigenvalue weighted by atomic mass is 10.5. The second-order valence-electron chi connectivity index (χ2n) is 3.83. The summed E-state index contributed by atoms with van der Waals surface area (Å²) in [4.78, 5) is 11.4. The van der Waals surface area contributed by atoms with Crippen molar-refractivity contribution in [3.8, 4) is 0 Å². The third-order valence-corrected chi connectivity index (χ3v) is 5.93. The number of carbonyl (C=O) groups excluding carboxylic acids is 1. The van der Waals surface area contributed by atoms with Crippen LogP contribution in [0.15, 0.2) is 11.0 Å². The molecule has 0 bridgehead atoms. The summed E-state index contributed by atoms with van der Waals surface area (Å²) in [6.07, 6.45) is 0.564. The third-order valence-electron chi connectivity index (χ3n) is 2.33.